The molecule has 0 amide bonds. The van der Waals surface area contributed by atoms with E-state index in [9.17, 15) is 0 Å². The molecule has 0 saturated heterocycles. The van der Waals surface area contributed by atoms with E-state index < -0.39 is 0 Å². The van der Waals surface area contributed by atoms with E-state index in [2.05, 4.69) is 82.8 Å². The molecule has 4 rings (SSSR count). The molecule has 0 aliphatic heterocycles. The van der Waals surface area contributed by atoms with Crippen LogP contribution in [0.2, 0.25) is 0 Å². The zero-order valence-electron chi connectivity index (χ0n) is 13.2. The van der Waals surface area contributed by atoms with Crippen LogP contribution in [0.25, 0.3) is 17.0 Å². The summed E-state index contributed by atoms with van der Waals surface area (Å²) in [7, 11) is 0. The van der Waals surface area contributed by atoms with Gasteiger partial charge in [0, 0.05) is 0 Å². The number of hydrogen-bond donors (Lipinski definition) is 0. The molecule has 24 heavy (non-hydrogen) atoms. The van der Waals surface area contributed by atoms with Crippen molar-refractivity contribution < 1.29 is 16.3 Å². The summed E-state index contributed by atoms with van der Waals surface area (Å²) in [5.41, 5.74) is 6.39. The van der Waals surface area contributed by atoms with Crippen molar-refractivity contribution in [1.82, 2.24) is 4.98 Å². The van der Waals surface area contributed by atoms with Crippen molar-refractivity contribution in [2.45, 2.75) is 17.6 Å². The van der Waals surface area contributed by atoms with Crippen LogP contribution in [0.5, 0.6) is 0 Å². The number of para-hydroxylation sites is 1. The Hall–Kier alpha value is -1.30. The number of aromatic nitrogens is 1. The molecule has 0 spiro atoms. The van der Waals surface area contributed by atoms with Gasteiger partial charge in [-0.05, 0) is 0 Å². The molecule has 1 aliphatic rings. The number of nitrogens with zero attached hydrogens (tertiary/aromatic N) is 1. The summed E-state index contributed by atoms with van der Waals surface area (Å²) >= 11 is 3.51. The second-order valence-electron chi connectivity index (χ2n) is 5.67. The fourth-order valence-corrected chi connectivity index (χ4v) is 4.33. The first-order valence-corrected chi connectivity index (χ1v) is 8.24. The van der Waals surface area contributed by atoms with Crippen molar-refractivity contribution in [2.24, 2.45) is 0 Å². The number of halogens is 2. The van der Waals surface area contributed by atoms with Crippen molar-refractivity contribution in [1.29, 1.82) is 0 Å². The van der Waals surface area contributed by atoms with Crippen LogP contribution in [0.4, 0.5) is 0 Å². The maximum atomic E-state index is 4.67. The molecule has 1 unspecified atom stereocenters. The van der Waals surface area contributed by atoms with E-state index >= 15 is 0 Å². The van der Waals surface area contributed by atoms with Crippen LogP contribution >= 0.6 is 24.8 Å². The summed E-state index contributed by atoms with van der Waals surface area (Å²) in [6.45, 7) is 2.22. The number of pyridine rings is 1. The molecule has 1 aromatic heterocycles. The van der Waals surface area contributed by atoms with E-state index in [-0.39, 0.29) is 29.1 Å². The average Bonchev–Trinajstić information content (AvgIpc) is 2.88. The van der Waals surface area contributed by atoms with Gasteiger partial charge in [-0.1, -0.05) is 0 Å². The van der Waals surface area contributed by atoms with Crippen molar-refractivity contribution >= 4 is 41.8 Å². The Morgan fingerprint density at radius 3 is 2.42 bits per heavy atom. The number of benzene rings is 2. The normalized spacial score (nSPS) is 18.3. The van der Waals surface area contributed by atoms with Crippen molar-refractivity contribution in [3.63, 3.8) is 0 Å². The molecule has 4 heteroatoms. The summed E-state index contributed by atoms with van der Waals surface area (Å²) in [6, 6.07) is 19.2. The molecule has 0 fully saturated rings. The zero-order chi connectivity index (χ0) is 15.2. The number of hydrogen-bond acceptors (Lipinski definition) is 1. The largest absolute Gasteiger partial charge is 0.147 e. The van der Waals surface area contributed by atoms with Gasteiger partial charge in [-0.15, -0.1) is 24.8 Å². The summed E-state index contributed by atoms with van der Waals surface area (Å²) in [4.78, 5) is 4.67. The van der Waals surface area contributed by atoms with Crippen molar-refractivity contribution in [2.75, 3.05) is 0 Å². The van der Waals surface area contributed by atoms with Gasteiger partial charge in [-0.25, -0.2) is 0 Å². The molecule has 1 aliphatic carbocycles. The Labute approximate surface area is 163 Å². The maximum Gasteiger partial charge on any atom is -0.147 e. The van der Waals surface area contributed by atoms with E-state index in [0.29, 0.717) is 0 Å². The summed E-state index contributed by atoms with van der Waals surface area (Å²) in [6.07, 6.45) is 5.23. The molecule has 0 saturated carbocycles. The Morgan fingerprint density at radius 2 is 1.62 bits per heavy atom. The summed E-state index contributed by atoms with van der Waals surface area (Å²) < 4.78 is -0.209. The number of rotatable bonds is 2. The molecule has 123 valence electrons. The van der Waals surface area contributed by atoms with E-state index in [1.807, 2.05) is 12.3 Å². The first-order chi connectivity index (χ1) is 10.7. The van der Waals surface area contributed by atoms with Crippen LogP contribution in [-0.2, 0) is 20.6 Å². The Balaban J connectivity index is 0.00000104. The van der Waals surface area contributed by atoms with Crippen molar-refractivity contribution in [3.8, 4) is 0 Å². The van der Waals surface area contributed by atoms with Gasteiger partial charge in [0.15, 0.2) is 0 Å². The Morgan fingerprint density at radius 1 is 0.917 bits per heavy atom. The zero-order valence-corrected chi connectivity index (χ0v) is 16.1. The smallest absolute Gasteiger partial charge is 0.147 e. The molecule has 1 nitrogen and oxygen atoms in total. The molecule has 3 aromatic rings. The third-order valence-corrected chi connectivity index (χ3v) is 5.61. The van der Waals surface area contributed by atoms with E-state index in [0.717, 1.165) is 11.9 Å². The predicted molar refractivity (Wildman–Crippen MR) is 102 cm³/mol. The Bertz CT molecular complexity index is 902. The van der Waals surface area contributed by atoms with Crippen LogP contribution < -0.4 is 0 Å². The topological polar surface area (TPSA) is 12.9 Å². The van der Waals surface area contributed by atoms with Gasteiger partial charge in [0.2, 0.25) is 0 Å². The van der Waals surface area contributed by atoms with Crippen molar-refractivity contribution in [3.05, 3.63) is 83.1 Å². The molecule has 1 heterocycles. The maximum absolute atomic E-state index is 4.67. The molecular formula is C20H18Cl2CrN. The second-order valence-corrected chi connectivity index (χ2v) is 6.63. The van der Waals surface area contributed by atoms with Gasteiger partial charge in [-0.2, -0.15) is 0 Å². The fraction of sp³-hybridized carbons (Fsp3) is 0.150. The first kappa shape index (κ1) is 19.0. The molecular weight excluding hydrogens is 377 g/mol. The van der Waals surface area contributed by atoms with Crippen LogP contribution in [0.15, 0.2) is 66.4 Å². The minimum absolute atomic E-state index is 0. The predicted octanol–water partition coefficient (Wildman–Crippen LogP) is 5.68. The molecule has 0 N–H and O–H groups in total. The molecule has 0 radical (unpaired) electrons. The second kappa shape index (κ2) is 7.30. The van der Waals surface area contributed by atoms with Gasteiger partial charge in [-0.3, -0.25) is 0 Å². The van der Waals surface area contributed by atoms with E-state index in [4.69, 9.17) is 0 Å². The quantitative estimate of drug-likeness (QED) is 0.545. The molecule has 0 bridgehead atoms. The van der Waals surface area contributed by atoms with E-state index in [1.165, 1.54) is 27.6 Å². The van der Waals surface area contributed by atoms with Crippen LogP contribution in [-0.4, -0.2) is 4.98 Å². The number of fused-ring (bicyclic) bond motifs is 2. The number of allylic oxidation sites excluding steroid dienone is 1. The van der Waals surface area contributed by atoms with Gasteiger partial charge in [0.05, 0.1) is 0 Å². The van der Waals surface area contributed by atoms with Gasteiger partial charge >= 0.3 is 139 Å². The third kappa shape index (κ3) is 2.69. The fourth-order valence-electron chi connectivity index (χ4n) is 3.46. The van der Waals surface area contributed by atoms with Crippen LogP contribution in [0.3, 0.4) is 0 Å². The SMILES string of the molecule is CCC1=Cc2ccccc2[C]1([Cr])c1cccc2cccnc12.Cl.Cl. The van der Waals surface area contributed by atoms with Gasteiger partial charge < -0.3 is 0 Å². The summed E-state index contributed by atoms with van der Waals surface area (Å²) in [5.74, 6) is 0. The molecule has 2 aromatic carbocycles. The van der Waals surface area contributed by atoms with Crippen LogP contribution in [0, 0.1) is 0 Å². The van der Waals surface area contributed by atoms with E-state index in [1.54, 1.807) is 0 Å². The average molecular weight is 395 g/mol. The third-order valence-electron chi connectivity index (χ3n) is 4.51. The minimum Gasteiger partial charge on any atom is -0.147 e. The Kier molecular flexibility index (Phi) is 5.79. The van der Waals surface area contributed by atoms with Crippen LogP contribution in [0.1, 0.15) is 30.0 Å². The summed E-state index contributed by atoms with van der Waals surface area (Å²) in [5, 5.41) is 1.19. The van der Waals surface area contributed by atoms with Gasteiger partial charge in [0.25, 0.3) is 0 Å². The monoisotopic (exact) mass is 394 g/mol. The van der Waals surface area contributed by atoms with Gasteiger partial charge in [0.1, 0.15) is 0 Å². The standard InChI is InChI=1S/C20H16N.2ClH.Cr/c1-2-14-13-16-7-3-4-10-17(16)19(14)18-11-5-8-15-9-6-12-21-20(15)18;;;/h3-13H,2H2,1H3;2*1H;. The molecule has 1 atom stereocenters. The first-order valence-electron chi connectivity index (χ1n) is 7.60. The minimum atomic E-state index is -0.209.